The van der Waals surface area contributed by atoms with Crippen molar-refractivity contribution < 1.29 is 8.42 Å². The lowest BCUT2D eigenvalue weighted by molar-refractivity contribution is 0.381. The molecule has 0 amide bonds. The van der Waals surface area contributed by atoms with E-state index in [0.29, 0.717) is 22.6 Å². The molecule has 0 aliphatic carbocycles. The topological polar surface area (TPSA) is 65.0 Å². The Balaban J connectivity index is 0.00000392. The van der Waals surface area contributed by atoms with Crippen LogP contribution in [0, 0.1) is 5.92 Å². The van der Waals surface area contributed by atoms with Gasteiger partial charge in [-0.05, 0) is 30.5 Å². The van der Waals surface area contributed by atoms with Gasteiger partial charge in [-0.1, -0.05) is 26.0 Å². The molecule has 1 aliphatic heterocycles. The Labute approximate surface area is 191 Å². The highest BCUT2D eigenvalue weighted by atomic mass is 127. The zero-order valence-electron chi connectivity index (χ0n) is 17.4. The summed E-state index contributed by atoms with van der Waals surface area (Å²) in [5.41, 5.74) is 0.995. The van der Waals surface area contributed by atoms with Gasteiger partial charge < -0.3 is 10.2 Å². The average Bonchev–Trinajstić information content (AvgIpc) is 2.65. The van der Waals surface area contributed by atoms with Gasteiger partial charge in [0.2, 0.25) is 10.0 Å². The largest absolute Gasteiger partial charge is 0.357 e. The van der Waals surface area contributed by atoms with Gasteiger partial charge in [-0.15, -0.1) is 24.0 Å². The number of guanidine groups is 1. The predicted octanol–water partition coefficient (Wildman–Crippen LogP) is 3.09. The Morgan fingerprint density at radius 3 is 2.50 bits per heavy atom. The molecule has 1 saturated heterocycles. The summed E-state index contributed by atoms with van der Waals surface area (Å²) in [5.74, 6) is 2.70. The van der Waals surface area contributed by atoms with Crippen molar-refractivity contribution in [2.75, 3.05) is 39.5 Å². The molecule has 1 aromatic carbocycles. The lowest BCUT2D eigenvalue weighted by atomic mass is 10.1. The quantitative estimate of drug-likeness (QED) is 0.342. The van der Waals surface area contributed by atoms with E-state index in [-0.39, 0.29) is 24.0 Å². The van der Waals surface area contributed by atoms with Gasteiger partial charge in [0.1, 0.15) is 0 Å². The third-order valence-corrected chi connectivity index (χ3v) is 7.95. The third-order valence-electron chi connectivity index (χ3n) is 4.58. The van der Waals surface area contributed by atoms with E-state index in [9.17, 15) is 8.42 Å². The Morgan fingerprint density at radius 1 is 1.32 bits per heavy atom. The van der Waals surface area contributed by atoms with Gasteiger partial charge in [0.25, 0.3) is 0 Å². The Morgan fingerprint density at radius 2 is 1.96 bits per heavy atom. The number of nitrogens with zero attached hydrogens (tertiary/aromatic N) is 3. The lowest BCUT2D eigenvalue weighted by Gasteiger charge is -2.36. The number of rotatable bonds is 6. The van der Waals surface area contributed by atoms with Gasteiger partial charge in [-0.2, -0.15) is 11.8 Å². The number of thioether (sulfide) groups is 1. The first kappa shape index (κ1) is 25.5. The highest BCUT2D eigenvalue weighted by Gasteiger charge is 2.24. The van der Waals surface area contributed by atoms with E-state index < -0.39 is 10.0 Å². The van der Waals surface area contributed by atoms with Crippen molar-refractivity contribution in [2.45, 2.75) is 37.5 Å². The van der Waals surface area contributed by atoms with Crippen molar-refractivity contribution in [1.29, 1.82) is 0 Å². The maximum absolute atomic E-state index is 12.2. The summed E-state index contributed by atoms with van der Waals surface area (Å²) in [5, 5.41) is 4.02. The SMILES string of the molecule is CCNC(=NCc1ccc(S(=O)(=O)N(C)C)cc1)N1CCSC(C(C)C)C1.I. The summed E-state index contributed by atoms with van der Waals surface area (Å²) in [6.45, 7) is 9.99. The molecular weight excluding hydrogens is 507 g/mol. The molecule has 0 saturated carbocycles. The number of nitrogens with one attached hydrogen (secondary N) is 1. The monoisotopic (exact) mass is 540 g/mol. The normalized spacial score (nSPS) is 18.3. The number of halogens is 1. The van der Waals surface area contributed by atoms with Crippen LogP contribution in [-0.2, 0) is 16.6 Å². The fraction of sp³-hybridized carbons (Fsp3) is 0.632. The van der Waals surface area contributed by atoms with Crippen LogP contribution in [0.2, 0.25) is 0 Å². The van der Waals surface area contributed by atoms with Gasteiger partial charge >= 0.3 is 0 Å². The fourth-order valence-corrected chi connectivity index (χ4v) is 5.04. The summed E-state index contributed by atoms with van der Waals surface area (Å²) in [4.78, 5) is 7.44. The lowest BCUT2D eigenvalue weighted by Crippen LogP contribution is -2.49. The molecule has 0 radical (unpaired) electrons. The van der Waals surface area contributed by atoms with E-state index in [2.05, 4.69) is 31.0 Å². The summed E-state index contributed by atoms with van der Waals surface area (Å²) >= 11 is 2.05. The first-order valence-corrected chi connectivity index (χ1v) is 11.9. The van der Waals surface area contributed by atoms with Crippen LogP contribution >= 0.6 is 35.7 Å². The first-order valence-electron chi connectivity index (χ1n) is 9.42. The summed E-state index contributed by atoms with van der Waals surface area (Å²) in [6, 6.07) is 6.98. The summed E-state index contributed by atoms with van der Waals surface area (Å²) in [7, 11) is -0.312. The van der Waals surface area contributed by atoms with Crippen molar-refractivity contribution in [3.05, 3.63) is 29.8 Å². The molecule has 1 aliphatic rings. The van der Waals surface area contributed by atoms with Crippen LogP contribution in [0.25, 0.3) is 0 Å². The molecule has 1 atom stereocenters. The van der Waals surface area contributed by atoms with Gasteiger partial charge in [-0.25, -0.2) is 17.7 Å². The van der Waals surface area contributed by atoms with E-state index in [4.69, 9.17) is 4.99 Å². The number of sulfonamides is 1. The maximum Gasteiger partial charge on any atom is 0.242 e. The van der Waals surface area contributed by atoms with Crippen molar-refractivity contribution in [1.82, 2.24) is 14.5 Å². The molecule has 160 valence electrons. The zero-order chi connectivity index (χ0) is 20.0. The van der Waals surface area contributed by atoms with Crippen LogP contribution in [0.4, 0.5) is 0 Å². The van der Waals surface area contributed by atoms with Crippen LogP contribution < -0.4 is 5.32 Å². The predicted molar refractivity (Wildman–Crippen MR) is 130 cm³/mol. The Bertz CT molecular complexity index is 737. The molecule has 2 rings (SSSR count). The molecule has 1 fully saturated rings. The minimum absolute atomic E-state index is 0. The standard InChI is InChI=1S/C19H32N4O2S2.HI/c1-6-20-19(23-11-12-26-18(14-23)15(2)3)21-13-16-7-9-17(10-8-16)27(24,25)22(4)5;/h7-10,15,18H,6,11-14H2,1-5H3,(H,20,21);1H. The van der Waals surface area contributed by atoms with E-state index in [1.54, 1.807) is 12.1 Å². The molecule has 1 unspecified atom stereocenters. The molecule has 1 heterocycles. The van der Waals surface area contributed by atoms with Gasteiger partial charge in [0.15, 0.2) is 5.96 Å². The van der Waals surface area contributed by atoms with Crippen LogP contribution in [0.1, 0.15) is 26.3 Å². The van der Waals surface area contributed by atoms with Crippen LogP contribution in [0.5, 0.6) is 0 Å². The minimum Gasteiger partial charge on any atom is -0.357 e. The molecule has 9 heteroatoms. The first-order chi connectivity index (χ1) is 12.8. The molecule has 1 N–H and O–H groups in total. The van der Waals surface area contributed by atoms with Gasteiger partial charge in [0.05, 0.1) is 11.4 Å². The van der Waals surface area contributed by atoms with Crippen molar-refractivity contribution in [3.63, 3.8) is 0 Å². The Hall–Kier alpha value is -0.520. The molecule has 6 nitrogen and oxygen atoms in total. The summed E-state index contributed by atoms with van der Waals surface area (Å²) in [6.07, 6.45) is 0. The van der Waals surface area contributed by atoms with E-state index in [0.717, 1.165) is 36.9 Å². The second-order valence-electron chi connectivity index (χ2n) is 7.20. The number of aliphatic imine (C=N–C) groups is 1. The number of hydrogen-bond donors (Lipinski definition) is 1. The molecule has 1 aromatic rings. The molecule has 0 spiro atoms. The number of benzene rings is 1. The van der Waals surface area contributed by atoms with Gasteiger partial charge in [0, 0.05) is 44.7 Å². The molecule has 28 heavy (non-hydrogen) atoms. The average molecular weight is 541 g/mol. The Kier molecular flexibility index (Phi) is 10.6. The number of hydrogen-bond acceptors (Lipinski definition) is 4. The van der Waals surface area contributed by atoms with Crippen molar-refractivity contribution in [3.8, 4) is 0 Å². The van der Waals surface area contributed by atoms with Crippen LogP contribution in [-0.4, -0.2) is 68.3 Å². The highest BCUT2D eigenvalue weighted by Crippen LogP contribution is 2.25. The van der Waals surface area contributed by atoms with Crippen molar-refractivity contribution in [2.24, 2.45) is 10.9 Å². The fourth-order valence-electron chi connectivity index (χ4n) is 2.84. The third kappa shape index (κ3) is 6.77. The van der Waals surface area contributed by atoms with E-state index >= 15 is 0 Å². The zero-order valence-corrected chi connectivity index (χ0v) is 21.3. The van der Waals surface area contributed by atoms with E-state index in [1.807, 2.05) is 23.9 Å². The summed E-state index contributed by atoms with van der Waals surface area (Å²) < 4.78 is 25.6. The second-order valence-corrected chi connectivity index (χ2v) is 10.7. The van der Waals surface area contributed by atoms with Gasteiger partial charge in [-0.3, -0.25) is 0 Å². The molecule has 0 aromatic heterocycles. The maximum atomic E-state index is 12.2. The van der Waals surface area contributed by atoms with E-state index in [1.165, 1.54) is 18.4 Å². The molecule has 0 bridgehead atoms. The van der Waals surface area contributed by atoms with Crippen molar-refractivity contribution >= 4 is 51.7 Å². The van der Waals surface area contributed by atoms with Crippen LogP contribution in [0.15, 0.2) is 34.2 Å². The smallest absolute Gasteiger partial charge is 0.242 e. The van der Waals surface area contributed by atoms with Crippen LogP contribution in [0.3, 0.4) is 0 Å². The minimum atomic E-state index is -3.39. The highest BCUT2D eigenvalue weighted by molar-refractivity contribution is 14.0. The second kappa shape index (κ2) is 11.6. The molecular formula is C19H33IN4O2S2.